The van der Waals surface area contributed by atoms with Crippen LogP contribution in [0.2, 0.25) is 0 Å². The van der Waals surface area contributed by atoms with Gasteiger partial charge in [0.05, 0.1) is 45.6 Å². The Morgan fingerprint density at radius 3 is 0.951 bits per heavy atom. The predicted octanol–water partition coefficient (Wildman–Crippen LogP) is 8.57. The van der Waals surface area contributed by atoms with Crippen molar-refractivity contribution in [2.24, 2.45) is 0 Å². The molecule has 3 aliphatic heterocycles. The van der Waals surface area contributed by atoms with Crippen LogP contribution in [-0.2, 0) is 90.2 Å². The maximum Gasteiger partial charge on any atom is 0.339 e. The lowest BCUT2D eigenvalue weighted by molar-refractivity contribution is -0.375. The number of carbonyl (C=O) groups excluding carboxylic acids is 10. The monoisotopic (exact) mass is 1410 g/mol. The third-order valence-electron chi connectivity index (χ3n) is 15.9. The quantitative estimate of drug-likeness (QED) is 0.0252. The highest BCUT2D eigenvalue weighted by atomic mass is 16.8. The van der Waals surface area contributed by atoms with E-state index in [2.05, 4.69) is 13.2 Å². The molecule has 0 bridgehead atoms. The molecule has 534 valence electrons. The number of hydrogen-bond donors (Lipinski definition) is 0. The highest BCUT2D eigenvalue weighted by Gasteiger charge is 2.61. The van der Waals surface area contributed by atoms with Gasteiger partial charge in [0, 0.05) is 13.8 Å². The lowest BCUT2D eigenvalue weighted by atomic mass is 9.94. The first-order valence-corrected chi connectivity index (χ1v) is 32.3. The first-order valence-electron chi connectivity index (χ1n) is 32.3. The van der Waals surface area contributed by atoms with Crippen molar-refractivity contribution in [2.75, 3.05) is 26.4 Å². The Morgan fingerprint density at radius 1 is 0.311 bits per heavy atom. The molecule has 7 aromatic rings. The molecule has 0 amide bonds. The lowest BCUT2D eigenvalue weighted by Gasteiger charge is -2.50. The van der Waals surface area contributed by atoms with E-state index in [-0.39, 0.29) is 45.6 Å². The normalized spacial score (nSPS) is 24.2. The summed E-state index contributed by atoms with van der Waals surface area (Å²) in [6.07, 6.45) is -28.5. The minimum Gasteiger partial charge on any atom is -0.459 e. The van der Waals surface area contributed by atoms with Gasteiger partial charge in [-0.25, -0.2) is 38.4 Å². The number of benzene rings is 7. The van der Waals surface area contributed by atoms with Crippen molar-refractivity contribution in [1.82, 2.24) is 0 Å². The Bertz CT molecular complexity index is 4050. The average Bonchev–Trinajstić information content (AvgIpc) is 0.758. The minimum atomic E-state index is -2.30. The second-order valence-electron chi connectivity index (χ2n) is 23.0. The Morgan fingerprint density at radius 2 is 0.602 bits per heavy atom. The van der Waals surface area contributed by atoms with Crippen molar-refractivity contribution >= 4 is 59.7 Å². The molecule has 3 fully saturated rings. The van der Waals surface area contributed by atoms with Gasteiger partial charge < -0.3 is 75.8 Å². The molecule has 0 aromatic heterocycles. The van der Waals surface area contributed by atoms with Crippen LogP contribution in [0.5, 0.6) is 0 Å². The fourth-order valence-electron chi connectivity index (χ4n) is 11.2. The number of ether oxygens (including phenoxy) is 16. The van der Waals surface area contributed by atoms with Gasteiger partial charge >= 0.3 is 59.7 Å². The van der Waals surface area contributed by atoms with Crippen molar-refractivity contribution in [3.63, 3.8) is 0 Å². The van der Waals surface area contributed by atoms with Gasteiger partial charge in [0.2, 0.25) is 0 Å². The highest BCUT2D eigenvalue weighted by molar-refractivity contribution is 5.93. The highest BCUT2D eigenvalue weighted by Crippen LogP contribution is 2.40. The zero-order valence-electron chi connectivity index (χ0n) is 55.4. The number of hydrogen-bond acceptors (Lipinski definition) is 26. The van der Waals surface area contributed by atoms with E-state index in [4.69, 9.17) is 75.8 Å². The van der Waals surface area contributed by atoms with Crippen LogP contribution in [0.15, 0.2) is 238 Å². The molecule has 10 rings (SSSR count). The molecule has 7 aromatic carbocycles. The van der Waals surface area contributed by atoms with Crippen molar-refractivity contribution in [2.45, 2.75) is 106 Å². The van der Waals surface area contributed by atoms with Crippen molar-refractivity contribution in [3.8, 4) is 0 Å². The van der Waals surface area contributed by atoms with Gasteiger partial charge in [-0.2, -0.15) is 0 Å². The lowest BCUT2D eigenvalue weighted by Crippen LogP contribution is -2.69. The summed E-state index contributed by atoms with van der Waals surface area (Å²) in [4.78, 5) is 144. The second kappa shape index (κ2) is 36.2. The minimum absolute atomic E-state index is 0.00328. The molecule has 15 atom stereocenters. The number of carbonyl (C=O) groups is 10. The van der Waals surface area contributed by atoms with E-state index in [0.717, 1.165) is 13.8 Å². The van der Waals surface area contributed by atoms with Gasteiger partial charge in [-0.15, -0.1) is 6.58 Å². The molecule has 26 nitrogen and oxygen atoms in total. The molecular formula is C77H70O26. The zero-order valence-corrected chi connectivity index (χ0v) is 55.4. The second-order valence-corrected chi connectivity index (χ2v) is 23.0. The predicted molar refractivity (Wildman–Crippen MR) is 356 cm³/mol. The molecule has 3 saturated heterocycles. The van der Waals surface area contributed by atoms with E-state index in [1.807, 2.05) is 0 Å². The summed E-state index contributed by atoms with van der Waals surface area (Å²) in [5, 5.41) is 0. The van der Waals surface area contributed by atoms with Crippen LogP contribution in [0.1, 0.15) is 86.4 Å². The van der Waals surface area contributed by atoms with Crippen molar-refractivity contribution in [3.05, 3.63) is 277 Å². The third-order valence-corrected chi connectivity index (χ3v) is 15.9. The van der Waals surface area contributed by atoms with Crippen LogP contribution >= 0.6 is 0 Å². The average molecular weight is 1410 g/mol. The molecule has 0 radical (unpaired) electrons. The molecule has 26 heteroatoms. The SMILES string of the molecule is C=CCOC(=O)[C@H]1O[C@H](OCC=C)[C@H](OC(C)=O)[C@@H](O[C@@H]2O[C@H](COC(=O)c3ccccc3)[C@@H](O[C@@H]3O[C@H](COC(=O)c4ccccc4)[C@H](OC(=O)c4ccccc4)[C@H](OC(=O)c4ccccc4)[C@H]3OC(=O)c3ccccc3)[C@H](OC(=O)c3ccccc3)[C@H]2OC(=O)c2ccccc2)[C@@H]1OC(C)=O. The molecule has 0 N–H and O–H groups in total. The smallest absolute Gasteiger partial charge is 0.339 e. The Labute approximate surface area is 590 Å². The summed E-state index contributed by atoms with van der Waals surface area (Å²) in [6.45, 7) is 6.68. The first kappa shape index (κ1) is 74.2. The van der Waals surface area contributed by atoms with E-state index < -0.39 is 172 Å². The van der Waals surface area contributed by atoms with Gasteiger partial charge in [0.15, 0.2) is 67.7 Å². The summed E-state index contributed by atoms with van der Waals surface area (Å²) in [6, 6.07) is 52.4. The van der Waals surface area contributed by atoms with E-state index in [9.17, 15) is 38.4 Å². The maximum atomic E-state index is 15.2. The molecule has 0 spiro atoms. The van der Waals surface area contributed by atoms with Gasteiger partial charge in [-0.3, -0.25) is 9.59 Å². The maximum absolute atomic E-state index is 15.2. The van der Waals surface area contributed by atoms with Crippen LogP contribution in [0.25, 0.3) is 0 Å². The largest absolute Gasteiger partial charge is 0.459 e. The molecule has 0 unspecified atom stereocenters. The molecule has 3 aliphatic rings. The van der Waals surface area contributed by atoms with Crippen LogP contribution in [0.3, 0.4) is 0 Å². The van der Waals surface area contributed by atoms with Crippen molar-refractivity contribution in [1.29, 1.82) is 0 Å². The zero-order chi connectivity index (χ0) is 72.8. The topological polar surface area (TPSA) is 318 Å². The Hall–Kier alpha value is -11.5. The number of rotatable bonds is 28. The van der Waals surface area contributed by atoms with Gasteiger partial charge in [0.1, 0.15) is 44.2 Å². The van der Waals surface area contributed by atoms with Crippen LogP contribution in [0.4, 0.5) is 0 Å². The van der Waals surface area contributed by atoms with Crippen LogP contribution in [0, 0.1) is 0 Å². The first-order chi connectivity index (χ1) is 50.0. The van der Waals surface area contributed by atoms with E-state index in [1.165, 1.54) is 146 Å². The molecule has 0 saturated carbocycles. The van der Waals surface area contributed by atoms with Crippen molar-refractivity contribution < 1.29 is 124 Å². The fourth-order valence-corrected chi connectivity index (χ4v) is 11.2. The molecule has 103 heavy (non-hydrogen) atoms. The Kier molecular flexibility index (Phi) is 26.1. The standard InChI is InChI=1S/C77H70O26/c1-5-42-88-74(87)63-61(92-46(3)78)62(64(93-47(4)79)75(103-63)89-43-6-2)102-77-66(100-73(86)54-40-26-13-27-41-54)60(98-71(84)52-36-22-11-23-37-52)58(56(95-77)45-91-68(81)49-30-16-8-17-31-49)101-76-65(99-72(85)53-38-24-12-25-39-53)59(97-70(83)51-34-20-10-21-35-51)57(96-69(82)50-32-18-9-19-33-50)55(94-76)44-90-67(80)48-28-14-7-15-29-48/h5-41,55-66,75-77H,1-2,42-45H2,3-4H3/t55-,56-,57+,58-,59+,60+,61+,62+,63+,64-,65-,66-,75+,76+,77+/m1/s1. The summed E-state index contributed by atoms with van der Waals surface area (Å²) >= 11 is 0. The van der Waals surface area contributed by atoms with E-state index in [0.29, 0.717) is 0 Å². The molecular weight excluding hydrogens is 1340 g/mol. The van der Waals surface area contributed by atoms with Gasteiger partial charge in [-0.05, 0) is 84.9 Å². The van der Waals surface area contributed by atoms with Gasteiger partial charge in [-0.1, -0.05) is 146 Å². The summed E-state index contributed by atoms with van der Waals surface area (Å²) < 4.78 is 101. The molecule has 3 heterocycles. The Balaban J connectivity index is 1.19. The summed E-state index contributed by atoms with van der Waals surface area (Å²) in [5.41, 5.74) is -0.420. The van der Waals surface area contributed by atoms with E-state index >= 15 is 9.59 Å². The van der Waals surface area contributed by atoms with E-state index in [1.54, 1.807) is 78.9 Å². The van der Waals surface area contributed by atoms with Crippen LogP contribution in [-0.4, -0.2) is 178 Å². The van der Waals surface area contributed by atoms with Crippen LogP contribution < -0.4 is 0 Å². The third kappa shape index (κ3) is 19.5. The summed E-state index contributed by atoms with van der Waals surface area (Å²) in [7, 11) is 0. The number of esters is 10. The fraction of sp³-hybridized carbons (Fsp3) is 0.273. The summed E-state index contributed by atoms with van der Waals surface area (Å²) in [5.74, 6) is -10.8. The molecule has 0 aliphatic carbocycles. The van der Waals surface area contributed by atoms with Gasteiger partial charge in [0.25, 0.3) is 0 Å².